The van der Waals surface area contributed by atoms with Gasteiger partial charge in [-0.15, -0.1) is 0 Å². The smallest absolute Gasteiger partial charge is 0.338 e. The zero-order chi connectivity index (χ0) is 10.4. The van der Waals surface area contributed by atoms with Crippen molar-refractivity contribution in [3.63, 3.8) is 0 Å². The molecule has 0 atom stereocenters. The van der Waals surface area contributed by atoms with Crippen LogP contribution in [0.2, 0.25) is 0 Å². The molecule has 0 aromatic carbocycles. The number of rotatable bonds is 5. The minimum Gasteiger partial charge on any atom is -0.467 e. The topological polar surface area (TPSA) is 88.9 Å². The number of primary amides is 1. The van der Waals surface area contributed by atoms with Gasteiger partial charge in [0, 0.05) is 0 Å². The van der Waals surface area contributed by atoms with Crippen LogP contribution in [-0.4, -0.2) is 29.5 Å². The highest BCUT2D eigenvalue weighted by atomic mass is 16.5. The van der Waals surface area contributed by atoms with Gasteiger partial charge < -0.3 is 14.9 Å². The Kier molecular flexibility index (Phi) is 3.96. The van der Waals surface area contributed by atoms with Crippen molar-refractivity contribution in [2.45, 2.75) is 6.61 Å². The molecule has 0 radical (unpaired) electrons. The molecule has 1 aromatic rings. The van der Waals surface area contributed by atoms with E-state index in [0.29, 0.717) is 17.4 Å². The van der Waals surface area contributed by atoms with E-state index in [2.05, 4.69) is 0 Å². The summed E-state index contributed by atoms with van der Waals surface area (Å²) in [6.45, 7) is 0.537. The average Bonchev–Trinajstić information content (AvgIpc) is 2.64. The lowest BCUT2D eigenvalue weighted by Crippen LogP contribution is -2.35. The molecule has 0 bridgehead atoms. The minimum atomic E-state index is -0.897. The van der Waals surface area contributed by atoms with E-state index in [-0.39, 0.29) is 13.2 Å². The normalized spacial score (nSPS) is 10.1. The number of carbonyl (C=O) groups is 1. The first-order valence-electron chi connectivity index (χ1n) is 4.06. The maximum Gasteiger partial charge on any atom is 0.338 e. The van der Waals surface area contributed by atoms with Gasteiger partial charge in [-0.05, 0) is 12.1 Å². The third-order valence-corrected chi connectivity index (χ3v) is 1.53. The molecule has 0 saturated carbocycles. The predicted molar refractivity (Wildman–Crippen MR) is 46.4 cm³/mol. The van der Waals surface area contributed by atoms with Crippen LogP contribution in [0, 0.1) is 0 Å². The van der Waals surface area contributed by atoms with Gasteiger partial charge in [0.2, 0.25) is 0 Å². The number of nitrogens with two attached hydrogens (primary N) is 1. The molecule has 1 heterocycles. The van der Waals surface area contributed by atoms with Gasteiger partial charge in [0.05, 0.1) is 19.4 Å². The van der Waals surface area contributed by atoms with E-state index < -0.39 is 6.03 Å². The van der Waals surface area contributed by atoms with Gasteiger partial charge in [-0.2, -0.15) is 0 Å². The highest BCUT2D eigenvalue weighted by Crippen LogP contribution is 2.01. The van der Waals surface area contributed by atoms with Gasteiger partial charge in [0.1, 0.15) is 12.4 Å². The molecule has 1 rings (SSSR count). The zero-order valence-corrected chi connectivity index (χ0v) is 7.55. The Morgan fingerprint density at radius 1 is 1.71 bits per heavy atom. The Bertz CT molecular complexity index is 273. The van der Waals surface area contributed by atoms with Crippen LogP contribution in [0.3, 0.4) is 0 Å². The maximum atomic E-state index is 10.3. The van der Waals surface area contributed by atoms with Crippen molar-refractivity contribution in [1.29, 1.82) is 0 Å². The summed E-state index contributed by atoms with van der Waals surface area (Å²) >= 11 is 0. The van der Waals surface area contributed by atoms with Crippen molar-refractivity contribution in [2.24, 2.45) is 5.73 Å². The Labute approximate surface area is 80.8 Å². The molecule has 0 saturated heterocycles. The Morgan fingerprint density at radius 3 is 3.07 bits per heavy atom. The van der Waals surface area contributed by atoms with E-state index in [0.717, 1.165) is 0 Å². The van der Waals surface area contributed by atoms with Crippen LogP contribution < -0.4 is 5.73 Å². The van der Waals surface area contributed by atoms with Crippen LogP contribution in [0.1, 0.15) is 5.76 Å². The van der Waals surface area contributed by atoms with Crippen molar-refractivity contribution in [3.8, 4) is 0 Å². The van der Waals surface area contributed by atoms with Crippen molar-refractivity contribution >= 4 is 6.03 Å². The van der Waals surface area contributed by atoms with Crippen molar-refractivity contribution in [1.82, 2.24) is 5.06 Å². The number of carbonyl (C=O) groups excluding carboxylic acids is 1. The van der Waals surface area contributed by atoms with Crippen LogP contribution in [0.5, 0.6) is 0 Å². The average molecular weight is 200 g/mol. The minimum absolute atomic E-state index is 0.0377. The summed E-state index contributed by atoms with van der Waals surface area (Å²) in [5.74, 6) is 0.688. The van der Waals surface area contributed by atoms with Gasteiger partial charge in [0.15, 0.2) is 0 Å². The van der Waals surface area contributed by atoms with E-state index in [9.17, 15) is 4.79 Å². The summed E-state index contributed by atoms with van der Waals surface area (Å²) in [6, 6.07) is 2.62. The number of ether oxygens (including phenoxy) is 1. The second kappa shape index (κ2) is 5.25. The summed E-state index contributed by atoms with van der Waals surface area (Å²) in [7, 11) is 0. The summed E-state index contributed by atoms with van der Waals surface area (Å²) in [4.78, 5) is 10.3. The second-order valence-electron chi connectivity index (χ2n) is 2.59. The van der Waals surface area contributed by atoms with Crippen LogP contribution in [0.15, 0.2) is 22.8 Å². The molecule has 2 amide bonds. The summed E-state index contributed by atoms with van der Waals surface area (Å²) in [5, 5.41) is 9.23. The SMILES string of the molecule is NC(=O)N(O)CCOCc1ccco1. The molecular formula is C8H12N2O4. The molecular weight excluding hydrogens is 188 g/mol. The third-order valence-electron chi connectivity index (χ3n) is 1.53. The number of furan rings is 1. The molecule has 0 aliphatic heterocycles. The van der Waals surface area contributed by atoms with Crippen molar-refractivity contribution in [3.05, 3.63) is 24.2 Å². The monoisotopic (exact) mass is 200 g/mol. The summed E-state index contributed by atoms with van der Waals surface area (Å²) in [5.41, 5.74) is 4.78. The highest BCUT2D eigenvalue weighted by molar-refractivity contribution is 5.70. The molecule has 0 fully saturated rings. The predicted octanol–water partition coefficient (Wildman–Crippen LogP) is 0.566. The number of hydrogen-bond donors (Lipinski definition) is 2. The number of urea groups is 1. The standard InChI is InChI=1S/C8H12N2O4/c9-8(11)10(12)3-5-13-6-7-2-1-4-14-7/h1-2,4,12H,3,5-6H2,(H2,9,11). The lowest BCUT2D eigenvalue weighted by atomic mass is 10.5. The quantitative estimate of drug-likeness (QED) is 0.413. The van der Waals surface area contributed by atoms with Crippen molar-refractivity contribution < 1.29 is 19.2 Å². The molecule has 78 valence electrons. The van der Waals surface area contributed by atoms with E-state index in [1.54, 1.807) is 18.4 Å². The van der Waals surface area contributed by atoms with Gasteiger partial charge in [-0.3, -0.25) is 5.21 Å². The number of hydrogen-bond acceptors (Lipinski definition) is 4. The Morgan fingerprint density at radius 2 is 2.50 bits per heavy atom. The van der Waals surface area contributed by atoms with Crippen molar-refractivity contribution in [2.75, 3.05) is 13.2 Å². The molecule has 0 aliphatic rings. The van der Waals surface area contributed by atoms with E-state index >= 15 is 0 Å². The lowest BCUT2D eigenvalue weighted by Gasteiger charge is -2.10. The van der Waals surface area contributed by atoms with Gasteiger partial charge in [0.25, 0.3) is 0 Å². The Balaban J connectivity index is 2.08. The third kappa shape index (κ3) is 3.46. The molecule has 1 aromatic heterocycles. The first-order chi connectivity index (χ1) is 6.70. The zero-order valence-electron chi connectivity index (χ0n) is 7.55. The highest BCUT2D eigenvalue weighted by Gasteiger charge is 2.04. The molecule has 0 spiro atoms. The fourth-order valence-electron chi connectivity index (χ4n) is 0.829. The number of nitrogens with zero attached hydrogens (tertiary/aromatic N) is 1. The van der Waals surface area contributed by atoms with Gasteiger partial charge in [-0.1, -0.05) is 0 Å². The maximum absolute atomic E-state index is 10.3. The largest absolute Gasteiger partial charge is 0.467 e. The van der Waals surface area contributed by atoms with Gasteiger partial charge in [-0.25, -0.2) is 9.86 Å². The number of hydroxylamine groups is 2. The van der Waals surface area contributed by atoms with E-state index in [4.69, 9.17) is 20.1 Å². The van der Waals surface area contributed by atoms with Crippen LogP contribution in [0.25, 0.3) is 0 Å². The Hall–Kier alpha value is -1.53. The summed E-state index contributed by atoms with van der Waals surface area (Å²) in [6.07, 6.45) is 1.54. The summed E-state index contributed by atoms with van der Waals surface area (Å²) < 4.78 is 10.1. The lowest BCUT2D eigenvalue weighted by molar-refractivity contribution is -0.0590. The molecule has 6 nitrogen and oxygen atoms in total. The second-order valence-corrected chi connectivity index (χ2v) is 2.59. The van der Waals surface area contributed by atoms with Gasteiger partial charge >= 0.3 is 6.03 Å². The molecule has 6 heteroatoms. The molecule has 0 aliphatic carbocycles. The first-order valence-corrected chi connectivity index (χ1v) is 4.06. The fraction of sp³-hybridized carbons (Fsp3) is 0.375. The van der Waals surface area contributed by atoms with Crippen LogP contribution in [0.4, 0.5) is 4.79 Å². The van der Waals surface area contributed by atoms with Crippen LogP contribution in [-0.2, 0) is 11.3 Å². The van der Waals surface area contributed by atoms with Crippen LogP contribution >= 0.6 is 0 Å². The first kappa shape index (κ1) is 10.6. The fourth-order valence-corrected chi connectivity index (χ4v) is 0.829. The number of amides is 2. The van der Waals surface area contributed by atoms with E-state index in [1.165, 1.54) is 0 Å². The van der Waals surface area contributed by atoms with E-state index in [1.807, 2.05) is 0 Å². The molecule has 14 heavy (non-hydrogen) atoms. The molecule has 0 unspecified atom stereocenters. The molecule has 3 N–H and O–H groups in total.